The van der Waals surface area contributed by atoms with Crippen LogP contribution in [0, 0.1) is 30.9 Å². The summed E-state index contributed by atoms with van der Waals surface area (Å²) in [6, 6.07) is 12.6. The van der Waals surface area contributed by atoms with Crippen molar-refractivity contribution in [3.05, 3.63) is 108 Å². The molecule has 1 aliphatic carbocycles. The molecule has 1 N–H and O–H groups in total. The molecule has 0 aliphatic heterocycles. The minimum Gasteiger partial charge on any atom is -0.511 e. The number of nitro groups is 1. The molecule has 1 atom stereocenters. The van der Waals surface area contributed by atoms with Gasteiger partial charge in [0, 0.05) is 30.0 Å². The van der Waals surface area contributed by atoms with E-state index in [4.69, 9.17) is 32.8 Å². The van der Waals surface area contributed by atoms with Gasteiger partial charge in [-0.1, -0.05) is 53.0 Å². The first-order valence-corrected chi connectivity index (χ1v) is 15.3. The monoisotopic (exact) mass is 670 g/mol. The van der Waals surface area contributed by atoms with E-state index in [1.165, 1.54) is 40.5 Å². The molecule has 0 radical (unpaired) electrons. The molecule has 0 fully saturated rings. The molecule has 10 nitrogen and oxygen atoms in total. The third-order valence-electron chi connectivity index (χ3n) is 7.20. The number of benzene rings is 3. The van der Waals surface area contributed by atoms with Crippen molar-refractivity contribution in [1.29, 1.82) is 0 Å². The molecule has 46 heavy (non-hydrogen) atoms. The average molecular weight is 672 g/mol. The molecule has 3 aromatic rings. The zero-order chi connectivity index (χ0) is 34.1. The number of ketones is 1. The number of hydrogen-bond donors (Lipinski definition) is 1. The highest BCUT2D eigenvalue weighted by Crippen LogP contribution is 2.38. The van der Waals surface area contributed by atoms with E-state index in [1.807, 2.05) is 13.8 Å². The van der Waals surface area contributed by atoms with Crippen LogP contribution in [0.25, 0.3) is 0 Å². The Morgan fingerprint density at radius 1 is 1.04 bits per heavy atom. The lowest BCUT2D eigenvalue weighted by Gasteiger charge is -2.27. The first kappa shape index (κ1) is 36.1. The molecule has 12 heteroatoms. The van der Waals surface area contributed by atoms with Gasteiger partial charge in [0.25, 0.3) is 5.69 Å². The Morgan fingerprint density at radius 2 is 1.72 bits per heavy atom. The largest absolute Gasteiger partial charge is 0.511 e. The standard InChI is InChI=1S/C20H27NO3.C14H9Cl2NO5/c1-6-16(21-24-7-2)20-17(22)10-15(11-18(20)23)19-13(4)8-12(3)9-14(19)5;1-21-14(18)10-7-9(3-4-12(10)17(19)20)22-13-5-2-8(15)6-11(13)16/h8-9,15,22H,6-7,10-11H2,1-5H3;2-7H,1H3/b21-16+;. The summed E-state index contributed by atoms with van der Waals surface area (Å²) in [5.41, 5.74) is 5.06. The van der Waals surface area contributed by atoms with Crippen molar-refractivity contribution >= 4 is 46.4 Å². The summed E-state index contributed by atoms with van der Waals surface area (Å²) < 4.78 is 10.0. The van der Waals surface area contributed by atoms with Gasteiger partial charge in [0.1, 0.15) is 29.4 Å². The number of aliphatic hydroxyl groups is 1. The molecular weight excluding hydrogens is 635 g/mol. The zero-order valence-corrected chi connectivity index (χ0v) is 28.0. The third-order valence-corrected chi connectivity index (χ3v) is 7.73. The van der Waals surface area contributed by atoms with E-state index >= 15 is 0 Å². The van der Waals surface area contributed by atoms with E-state index in [2.05, 4.69) is 42.8 Å². The second-order valence-electron chi connectivity index (χ2n) is 10.6. The Bertz CT molecular complexity index is 1680. The molecule has 0 saturated heterocycles. The Hall–Kier alpha value is -4.41. The number of allylic oxidation sites excluding steroid dienone is 2. The Kier molecular flexibility index (Phi) is 12.7. The topological polar surface area (TPSA) is 138 Å². The third kappa shape index (κ3) is 8.86. The van der Waals surface area contributed by atoms with E-state index in [1.54, 1.807) is 12.1 Å². The van der Waals surface area contributed by atoms with Crippen LogP contribution in [0.5, 0.6) is 11.5 Å². The number of oxime groups is 1. The van der Waals surface area contributed by atoms with Crippen LogP contribution in [-0.2, 0) is 14.4 Å². The number of methoxy groups -OCH3 is 1. The molecule has 0 amide bonds. The molecule has 0 spiro atoms. The number of carbonyl (C=O) groups is 2. The number of nitrogens with zero attached hydrogens (tertiary/aromatic N) is 2. The van der Waals surface area contributed by atoms with Gasteiger partial charge in [-0.25, -0.2) is 4.79 Å². The highest BCUT2D eigenvalue weighted by molar-refractivity contribution is 6.35. The molecule has 0 heterocycles. The van der Waals surface area contributed by atoms with Crippen molar-refractivity contribution < 1.29 is 33.9 Å². The number of Topliss-reactive ketones (excluding diaryl/α,β-unsaturated/α-hetero) is 1. The molecule has 1 unspecified atom stereocenters. The van der Waals surface area contributed by atoms with Crippen LogP contribution in [0.1, 0.15) is 71.6 Å². The van der Waals surface area contributed by atoms with Crippen LogP contribution in [0.4, 0.5) is 5.69 Å². The molecule has 0 aromatic heterocycles. The van der Waals surface area contributed by atoms with Gasteiger partial charge in [0.15, 0.2) is 5.78 Å². The van der Waals surface area contributed by atoms with E-state index in [9.17, 15) is 24.8 Å². The number of nitro benzene ring substituents is 1. The highest BCUT2D eigenvalue weighted by Gasteiger charge is 2.32. The van der Waals surface area contributed by atoms with E-state index in [0.29, 0.717) is 47.9 Å². The molecule has 0 bridgehead atoms. The predicted molar refractivity (Wildman–Crippen MR) is 178 cm³/mol. The smallest absolute Gasteiger partial charge is 0.345 e. The summed E-state index contributed by atoms with van der Waals surface area (Å²) >= 11 is 11.8. The summed E-state index contributed by atoms with van der Waals surface area (Å²) in [5.74, 6) is -0.225. The lowest BCUT2D eigenvalue weighted by molar-refractivity contribution is -0.385. The summed E-state index contributed by atoms with van der Waals surface area (Å²) in [5, 5.41) is 26.2. The van der Waals surface area contributed by atoms with Crippen LogP contribution < -0.4 is 4.74 Å². The van der Waals surface area contributed by atoms with Crippen molar-refractivity contribution in [2.24, 2.45) is 5.16 Å². The molecule has 244 valence electrons. The number of carbonyl (C=O) groups excluding carboxylic acids is 2. The first-order valence-electron chi connectivity index (χ1n) is 14.5. The fourth-order valence-electron chi connectivity index (χ4n) is 5.39. The van der Waals surface area contributed by atoms with E-state index in [0.717, 1.165) is 13.2 Å². The van der Waals surface area contributed by atoms with Crippen LogP contribution in [0.15, 0.2) is 65.0 Å². The van der Waals surface area contributed by atoms with Gasteiger partial charge in [0.2, 0.25) is 0 Å². The van der Waals surface area contributed by atoms with Gasteiger partial charge < -0.3 is 19.4 Å². The van der Waals surface area contributed by atoms with E-state index in [-0.39, 0.29) is 39.5 Å². The summed E-state index contributed by atoms with van der Waals surface area (Å²) in [4.78, 5) is 39.7. The number of hydrogen-bond acceptors (Lipinski definition) is 9. The normalized spacial score (nSPS) is 14.7. The highest BCUT2D eigenvalue weighted by atomic mass is 35.5. The fraction of sp³-hybridized carbons (Fsp3) is 0.324. The van der Waals surface area contributed by atoms with Crippen molar-refractivity contribution in [3.8, 4) is 11.5 Å². The predicted octanol–water partition coefficient (Wildman–Crippen LogP) is 9.15. The molecule has 1 aliphatic rings. The Balaban J connectivity index is 0.000000251. The maximum Gasteiger partial charge on any atom is 0.345 e. The number of esters is 1. The SMILES string of the molecule is CCO/N=C(\CC)C1=C(O)CC(c2c(C)cc(C)cc2C)CC1=O.COC(=O)c1cc(Oc2ccc(Cl)cc2Cl)ccc1[N+](=O)[O-]. The van der Waals surface area contributed by atoms with Gasteiger partial charge in [-0.2, -0.15) is 0 Å². The second-order valence-corrected chi connectivity index (χ2v) is 11.4. The Labute approximate surface area is 277 Å². The number of halogens is 2. The minimum atomic E-state index is -0.834. The van der Waals surface area contributed by atoms with Gasteiger partial charge in [-0.05, 0) is 81.0 Å². The van der Waals surface area contributed by atoms with Crippen molar-refractivity contribution in [3.63, 3.8) is 0 Å². The van der Waals surface area contributed by atoms with Crippen LogP contribution in [0.3, 0.4) is 0 Å². The van der Waals surface area contributed by atoms with Crippen molar-refractivity contribution in [2.45, 2.75) is 59.8 Å². The number of rotatable bonds is 9. The number of aryl methyl sites for hydroxylation is 3. The second kappa shape index (κ2) is 16.2. The first-order chi connectivity index (χ1) is 21.8. The summed E-state index contributed by atoms with van der Waals surface area (Å²) in [7, 11) is 1.13. The number of ether oxygens (including phenoxy) is 2. The van der Waals surface area contributed by atoms with Crippen molar-refractivity contribution in [2.75, 3.05) is 13.7 Å². The van der Waals surface area contributed by atoms with Gasteiger partial charge >= 0.3 is 5.97 Å². The lowest BCUT2D eigenvalue weighted by Crippen LogP contribution is -2.24. The Morgan fingerprint density at radius 3 is 2.26 bits per heavy atom. The molecule has 0 saturated carbocycles. The van der Waals surface area contributed by atoms with Crippen LogP contribution >= 0.6 is 23.2 Å². The quantitative estimate of drug-likeness (QED) is 0.103. The zero-order valence-electron chi connectivity index (χ0n) is 26.5. The van der Waals surface area contributed by atoms with Crippen LogP contribution in [0.2, 0.25) is 10.0 Å². The molecule has 4 rings (SSSR count). The van der Waals surface area contributed by atoms with Gasteiger partial charge in [-0.15, -0.1) is 0 Å². The van der Waals surface area contributed by atoms with Crippen LogP contribution in [-0.4, -0.2) is 41.2 Å². The van der Waals surface area contributed by atoms with Gasteiger partial charge in [-0.3, -0.25) is 14.9 Å². The molecule has 3 aromatic carbocycles. The van der Waals surface area contributed by atoms with Gasteiger partial charge in [0.05, 0.1) is 28.3 Å². The minimum absolute atomic E-state index is 0.0204. The maximum atomic E-state index is 12.7. The van der Waals surface area contributed by atoms with E-state index < -0.39 is 10.9 Å². The molecular formula is C34H36Cl2N2O8. The number of aliphatic hydroxyl groups excluding tert-OH is 1. The average Bonchev–Trinajstić information content (AvgIpc) is 2.99. The summed E-state index contributed by atoms with van der Waals surface area (Å²) in [6.07, 6.45) is 1.42. The maximum absolute atomic E-state index is 12.7. The van der Waals surface area contributed by atoms with Crippen molar-refractivity contribution in [1.82, 2.24) is 0 Å². The summed E-state index contributed by atoms with van der Waals surface area (Å²) in [6.45, 7) is 10.4. The fourth-order valence-corrected chi connectivity index (χ4v) is 5.83. The lowest BCUT2D eigenvalue weighted by atomic mass is 9.78.